The number of halogens is 1. The van der Waals surface area contributed by atoms with E-state index in [1.165, 1.54) is 24.5 Å². The van der Waals surface area contributed by atoms with Crippen LogP contribution in [-0.4, -0.2) is 24.2 Å². The molecule has 1 heterocycles. The molecule has 0 spiro atoms. The highest BCUT2D eigenvalue weighted by molar-refractivity contribution is 5.87. The van der Waals surface area contributed by atoms with Gasteiger partial charge in [0.2, 0.25) is 5.91 Å². The molecular weight excluding hydrogens is 237 g/mol. The van der Waals surface area contributed by atoms with Crippen LogP contribution in [0.5, 0.6) is 0 Å². The summed E-state index contributed by atoms with van der Waals surface area (Å²) < 4.78 is 18.4. The molecule has 0 atom stereocenters. The zero-order valence-electron chi connectivity index (χ0n) is 9.78. The molecule has 0 fully saturated rings. The smallest absolute Gasteiger partial charge is 0.224 e. The molecular formula is C13H14FNO3. The summed E-state index contributed by atoms with van der Waals surface area (Å²) in [6.07, 6.45) is 2.13. The Hall–Kier alpha value is -1.88. The number of carbonyl (C=O) groups excluding carboxylic acids is 1. The first kappa shape index (κ1) is 12.6. The van der Waals surface area contributed by atoms with Crippen LogP contribution < -0.4 is 5.32 Å². The van der Waals surface area contributed by atoms with Crippen molar-refractivity contribution in [2.75, 3.05) is 13.2 Å². The Morgan fingerprint density at radius 2 is 2.28 bits per heavy atom. The highest BCUT2D eigenvalue weighted by Gasteiger charge is 2.10. The number of hydrogen-bond acceptors (Lipinski definition) is 3. The van der Waals surface area contributed by atoms with Crippen molar-refractivity contribution in [3.8, 4) is 0 Å². The van der Waals surface area contributed by atoms with Crippen molar-refractivity contribution < 1.29 is 18.7 Å². The number of hydrogen-bond donors (Lipinski definition) is 2. The van der Waals surface area contributed by atoms with Gasteiger partial charge in [-0.2, -0.15) is 0 Å². The van der Waals surface area contributed by atoms with Crippen LogP contribution in [0.25, 0.3) is 11.0 Å². The summed E-state index contributed by atoms with van der Waals surface area (Å²) in [6.45, 7) is 0.472. The van der Waals surface area contributed by atoms with Crippen LogP contribution in [0.2, 0.25) is 0 Å². The zero-order chi connectivity index (χ0) is 13.0. The van der Waals surface area contributed by atoms with Crippen LogP contribution >= 0.6 is 0 Å². The fourth-order valence-electron chi connectivity index (χ4n) is 1.73. The molecule has 1 amide bonds. The molecule has 18 heavy (non-hydrogen) atoms. The largest absolute Gasteiger partial charge is 0.464 e. The topological polar surface area (TPSA) is 62.5 Å². The van der Waals surface area contributed by atoms with Gasteiger partial charge < -0.3 is 14.8 Å². The van der Waals surface area contributed by atoms with Crippen LogP contribution in [0.3, 0.4) is 0 Å². The van der Waals surface area contributed by atoms with Gasteiger partial charge in [0.1, 0.15) is 11.4 Å². The summed E-state index contributed by atoms with van der Waals surface area (Å²) in [6, 6.07) is 4.21. The maximum absolute atomic E-state index is 13.1. The third-order valence-electron chi connectivity index (χ3n) is 2.62. The summed E-state index contributed by atoms with van der Waals surface area (Å²) >= 11 is 0. The van der Waals surface area contributed by atoms with Crippen molar-refractivity contribution in [2.24, 2.45) is 0 Å². The Bertz CT molecular complexity index is 550. The van der Waals surface area contributed by atoms with E-state index in [1.54, 1.807) is 0 Å². The standard InChI is InChI=1S/C13H14FNO3/c14-10-2-3-12-11(7-10)9(8-18-12)6-13(17)15-4-1-5-16/h2-3,7-8,16H,1,4-6H2,(H,15,17). The van der Waals surface area contributed by atoms with Gasteiger partial charge in [-0.3, -0.25) is 4.79 Å². The predicted octanol–water partition coefficient (Wildman–Crippen LogP) is 1.61. The first-order valence-electron chi connectivity index (χ1n) is 5.74. The van der Waals surface area contributed by atoms with E-state index < -0.39 is 0 Å². The van der Waals surface area contributed by atoms with Gasteiger partial charge in [0.25, 0.3) is 0 Å². The fourth-order valence-corrected chi connectivity index (χ4v) is 1.73. The molecule has 0 radical (unpaired) electrons. The van der Waals surface area contributed by atoms with Gasteiger partial charge in [-0.15, -0.1) is 0 Å². The van der Waals surface area contributed by atoms with Gasteiger partial charge in [-0.25, -0.2) is 4.39 Å². The maximum atomic E-state index is 13.1. The van der Waals surface area contributed by atoms with Gasteiger partial charge in [-0.05, 0) is 24.6 Å². The minimum Gasteiger partial charge on any atom is -0.464 e. The van der Waals surface area contributed by atoms with E-state index in [2.05, 4.69) is 5.32 Å². The monoisotopic (exact) mass is 251 g/mol. The Morgan fingerprint density at radius 3 is 3.06 bits per heavy atom. The second kappa shape index (κ2) is 5.64. The van der Waals surface area contributed by atoms with Gasteiger partial charge in [0, 0.05) is 24.1 Å². The van der Waals surface area contributed by atoms with Crippen molar-refractivity contribution in [3.63, 3.8) is 0 Å². The Labute approximate surface area is 103 Å². The minimum absolute atomic E-state index is 0.0418. The van der Waals surface area contributed by atoms with E-state index in [-0.39, 0.29) is 24.8 Å². The van der Waals surface area contributed by atoms with Crippen LogP contribution in [0.4, 0.5) is 4.39 Å². The normalized spacial score (nSPS) is 10.8. The number of carbonyl (C=O) groups is 1. The molecule has 1 aromatic carbocycles. The molecule has 5 heteroatoms. The van der Waals surface area contributed by atoms with E-state index in [9.17, 15) is 9.18 Å². The van der Waals surface area contributed by atoms with Crippen molar-refractivity contribution >= 4 is 16.9 Å². The van der Waals surface area contributed by atoms with Crippen molar-refractivity contribution in [3.05, 3.63) is 35.8 Å². The Kier molecular flexibility index (Phi) is 3.94. The third kappa shape index (κ3) is 2.87. The van der Waals surface area contributed by atoms with Crippen molar-refractivity contribution in [2.45, 2.75) is 12.8 Å². The van der Waals surface area contributed by atoms with Gasteiger partial charge in [0.05, 0.1) is 12.7 Å². The number of furan rings is 1. The van der Waals surface area contributed by atoms with Crippen LogP contribution in [0.15, 0.2) is 28.9 Å². The maximum Gasteiger partial charge on any atom is 0.224 e. The lowest BCUT2D eigenvalue weighted by Gasteiger charge is -2.02. The Balaban J connectivity index is 2.07. The second-order valence-electron chi connectivity index (χ2n) is 4.01. The highest BCUT2D eigenvalue weighted by atomic mass is 19.1. The fraction of sp³-hybridized carbons (Fsp3) is 0.308. The molecule has 0 unspecified atom stereocenters. The van der Waals surface area contributed by atoms with E-state index in [1.807, 2.05) is 0 Å². The third-order valence-corrected chi connectivity index (χ3v) is 2.62. The minimum atomic E-state index is -0.356. The summed E-state index contributed by atoms with van der Waals surface area (Å²) in [5, 5.41) is 11.9. The van der Waals surface area contributed by atoms with Crippen LogP contribution in [0, 0.1) is 5.82 Å². The van der Waals surface area contributed by atoms with E-state index >= 15 is 0 Å². The predicted molar refractivity (Wildman–Crippen MR) is 64.6 cm³/mol. The van der Waals surface area contributed by atoms with Crippen LogP contribution in [0.1, 0.15) is 12.0 Å². The lowest BCUT2D eigenvalue weighted by molar-refractivity contribution is -0.120. The van der Waals surface area contributed by atoms with Gasteiger partial charge in [0.15, 0.2) is 0 Å². The highest BCUT2D eigenvalue weighted by Crippen LogP contribution is 2.22. The number of aliphatic hydroxyl groups excluding tert-OH is 1. The summed E-state index contributed by atoms with van der Waals surface area (Å²) in [5.74, 6) is -0.527. The molecule has 0 aliphatic rings. The average Bonchev–Trinajstić information content (AvgIpc) is 2.72. The lowest BCUT2D eigenvalue weighted by Crippen LogP contribution is -2.26. The molecule has 2 rings (SSSR count). The second-order valence-corrected chi connectivity index (χ2v) is 4.01. The average molecular weight is 251 g/mol. The lowest BCUT2D eigenvalue weighted by atomic mass is 10.1. The number of amides is 1. The summed E-state index contributed by atoms with van der Waals surface area (Å²) in [4.78, 5) is 11.6. The molecule has 0 aliphatic carbocycles. The Morgan fingerprint density at radius 1 is 1.44 bits per heavy atom. The molecule has 1 aromatic heterocycles. The number of fused-ring (bicyclic) bond motifs is 1. The van der Waals surface area contributed by atoms with Crippen molar-refractivity contribution in [1.82, 2.24) is 5.32 Å². The molecule has 0 saturated carbocycles. The molecule has 2 aromatic rings. The molecule has 96 valence electrons. The molecule has 2 N–H and O–H groups in total. The summed E-state index contributed by atoms with van der Waals surface area (Å²) in [7, 11) is 0. The number of benzene rings is 1. The van der Waals surface area contributed by atoms with Crippen molar-refractivity contribution in [1.29, 1.82) is 0 Å². The molecule has 4 nitrogen and oxygen atoms in total. The van der Waals surface area contributed by atoms with E-state index in [4.69, 9.17) is 9.52 Å². The SMILES string of the molecule is O=C(Cc1coc2ccc(F)cc12)NCCCO. The first-order chi connectivity index (χ1) is 8.70. The van der Waals surface area contributed by atoms with Crippen LogP contribution in [-0.2, 0) is 11.2 Å². The number of aliphatic hydroxyl groups is 1. The van der Waals surface area contributed by atoms with E-state index in [0.717, 1.165) is 0 Å². The molecule has 0 bridgehead atoms. The number of nitrogens with one attached hydrogen (secondary N) is 1. The number of rotatable bonds is 5. The van der Waals surface area contributed by atoms with E-state index in [0.29, 0.717) is 29.5 Å². The summed E-state index contributed by atoms with van der Waals surface area (Å²) in [5.41, 5.74) is 1.22. The quantitative estimate of drug-likeness (QED) is 0.794. The first-order valence-corrected chi connectivity index (χ1v) is 5.74. The molecule has 0 aliphatic heterocycles. The van der Waals surface area contributed by atoms with Gasteiger partial charge >= 0.3 is 0 Å². The van der Waals surface area contributed by atoms with Gasteiger partial charge in [-0.1, -0.05) is 0 Å². The molecule has 0 saturated heterocycles. The zero-order valence-corrected chi connectivity index (χ0v) is 9.78.